The molecule has 0 aliphatic carbocycles. The Morgan fingerprint density at radius 1 is 1.25 bits per heavy atom. The van der Waals surface area contributed by atoms with E-state index in [0.29, 0.717) is 23.4 Å². The fraction of sp³-hybridized carbons (Fsp3) is 0.583. The van der Waals surface area contributed by atoms with Crippen LogP contribution in [0.15, 0.2) is 29.2 Å². The van der Waals surface area contributed by atoms with Crippen LogP contribution in [0.5, 0.6) is 0 Å². The Labute approximate surface area is 192 Å². The molecule has 8 heteroatoms. The maximum atomic E-state index is 12.6. The van der Waals surface area contributed by atoms with E-state index >= 15 is 0 Å². The summed E-state index contributed by atoms with van der Waals surface area (Å²) < 4.78 is 12.6. The highest BCUT2D eigenvalue weighted by atomic mass is 32.2. The molecule has 4 heterocycles. The summed E-state index contributed by atoms with van der Waals surface area (Å²) in [7, 11) is -1.08. The molecule has 0 radical (unpaired) electrons. The predicted octanol–water partition coefficient (Wildman–Crippen LogP) is 2.99. The molecule has 3 atom stereocenters. The van der Waals surface area contributed by atoms with Crippen molar-refractivity contribution in [2.45, 2.75) is 50.0 Å². The molecule has 0 amide bonds. The zero-order valence-corrected chi connectivity index (χ0v) is 19.7. The van der Waals surface area contributed by atoms with Gasteiger partial charge in [0, 0.05) is 43.4 Å². The molecule has 2 unspecified atom stereocenters. The molecule has 5 rings (SSSR count). The fourth-order valence-electron chi connectivity index (χ4n) is 5.26. The topological polar surface area (TPSA) is 90.4 Å². The van der Waals surface area contributed by atoms with Gasteiger partial charge >= 0.3 is 0 Å². The third-order valence-corrected chi connectivity index (χ3v) is 8.72. The first kappa shape index (κ1) is 21.6. The lowest BCUT2D eigenvalue weighted by molar-refractivity contribution is 0.248. The lowest BCUT2D eigenvalue weighted by Gasteiger charge is -2.35. The molecule has 172 valence electrons. The predicted molar refractivity (Wildman–Crippen MR) is 129 cm³/mol. The van der Waals surface area contributed by atoms with Crippen LogP contribution < -0.4 is 15.5 Å². The number of aliphatic hydroxyl groups is 1. The highest BCUT2D eigenvalue weighted by Gasteiger charge is 2.34. The Morgan fingerprint density at radius 2 is 2.03 bits per heavy atom. The van der Waals surface area contributed by atoms with Crippen molar-refractivity contribution < 1.29 is 9.32 Å². The van der Waals surface area contributed by atoms with Crippen LogP contribution in [0.4, 0.5) is 17.5 Å². The number of benzene rings is 1. The number of hydrogen-bond donors (Lipinski definition) is 3. The van der Waals surface area contributed by atoms with Crippen LogP contribution in [-0.4, -0.2) is 57.3 Å². The van der Waals surface area contributed by atoms with E-state index in [-0.39, 0.29) is 18.6 Å². The molecule has 1 fully saturated rings. The summed E-state index contributed by atoms with van der Waals surface area (Å²) in [5, 5.41) is 16.7. The van der Waals surface area contributed by atoms with Crippen molar-refractivity contribution in [2.24, 2.45) is 11.8 Å². The van der Waals surface area contributed by atoms with Gasteiger partial charge in [0.15, 0.2) is 0 Å². The van der Waals surface area contributed by atoms with Crippen LogP contribution in [-0.2, 0) is 17.2 Å². The van der Waals surface area contributed by atoms with Gasteiger partial charge in [0.25, 0.3) is 0 Å². The molecule has 3 N–H and O–H groups in total. The van der Waals surface area contributed by atoms with E-state index in [1.165, 1.54) is 11.3 Å². The number of rotatable bonds is 6. The standard InChI is InChI=1S/C24H33N5O2S/c1-15(2)21(14-30)26-23-22-20(9-12-32(22)31)27-24(28-23)29-10-7-16(8-11-29)18-13-25-19-6-4-3-5-17(18)19/h3-6,15-16,18,21,25,30H,7-14H2,1-2H3,(H,26,27,28)/t18?,21-,32?/m0/s1. The van der Waals surface area contributed by atoms with E-state index < -0.39 is 10.8 Å². The van der Waals surface area contributed by atoms with Crippen molar-refractivity contribution in [3.8, 4) is 0 Å². The molecule has 3 aliphatic rings. The zero-order valence-electron chi connectivity index (χ0n) is 18.9. The zero-order chi connectivity index (χ0) is 22.2. The monoisotopic (exact) mass is 455 g/mol. The number of anilines is 3. The maximum absolute atomic E-state index is 12.6. The Balaban J connectivity index is 1.34. The molecule has 3 aliphatic heterocycles. The Bertz CT molecular complexity index is 1010. The molecule has 1 aromatic heterocycles. The van der Waals surface area contributed by atoms with Gasteiger partial charge in [0.05, 0.1) is 29.1 Å². The van der Waals surface area contributed by atoms with E-state index in [1.807, 2.05) is 0 Å². The van der Waals surface area contributed by atoms with Crippen LogP contribution in [0.1, 0.15) is 43.9 Å². The minimum absolute atomic E-state index is 0.0146. The lowest BCUT2D eigenvalue weighted by atomic mass is 9.81. The van der Waals surface area contributed by atoms with Gasteiger partial charge in [-0.3, -0.25) is 4.21 Å². The van der Waals surface area contributed by atoms with Gasteiger partial charge in [-0.2, -0.15) is 4.98 Å². The minimum atomic E-state index is -1.08. The first-order chi connectivity index (χ1) is 15.5. The number of aryl methyl sites for hydroxylation is 1. The molecule has 0 spiro atoms. The summed E-state index contributed by atoms with van der Waals surface area (Å²) in [6, 6.07) is 8.56. The van der Waals surface area contributed by atoms with Gasteiger partial charge in [0.1, 0.15) is 10.7 Å². The smallest absolute Gasteiger partial charge is 0.227 e. The number of para-hydroxylation sites is 1. The molecular formula is C24H33N5O2S. The van der Waals surface area contributed by atoms with E-state index in [2.05, 4.69) is 53.6 Å². The van der Waals surface area contributed by atoms with Gasteiger partial charge < -0.3 is 20.6 Å². The van der Waals surface area contributed by atoms with Crippen molar-refractivity contribution in [2.75, 3.05) is 47.5 Å². The van der Waals surface area contributed by atoms with Gasteiger partial charge in [0.2, 0.25) is 5.95 Å². The van der Waals surface area contributed by atoms with Gasteiger partial charge in [-0.15, -0.1) is 0 Å². The highest BCUT2D eigenvalue weighted by molar-refractivity contribution is 7.85. The van der Waals surface area contributed by atoms with E-state index in [1.54, 1.807) is 0 Å². The van der Waals surface area contributed by atoms with Gasteiger partial charge in [-0.1, -0.05) is 32.0 Å². The van der Waals surface area contributed by atoms with Crippen LogP contribution in [0.3, 0.4) is 0 Å². The summed E-state index contributed by atoms with van der Waals surface area (Å²) >= 11 is 0. The number of fused-ring (bicyclic) bond motifs is 2. The molecule has 0 bridgehead atoms. The van der Waals surface area contributed by atoms with Crippen molar-refractivity contribution in [3.63, 3.8) is 0 Å². The molecule has 2 aromatic rings. The van der Waals surface area contributed by atoms with Crippen molar-refractivity contribution in [1.29, 1.82) is 0 Å². The first-order valence-electron chi connectivity index (χ1n) is 11.8. The SMILES string of the molecule is CC(C)[C@H](CO)Nc1nc(N2CCC(C3CNc4ccccc43)CC2)nc2c1S(=O)CC2. The number of piperidine rings is 1. The van der Waals surface area contributed by atoms with E-state index in [4.69, 9.17) is 9.97 Å². The van der Waals surface area contributed by atoms with Crippen molar-refractivity contribution in [3.05, 3.63) is 35.5 Å². The molecule has 1 aromatic carbocycles. The number of nitrogens with one attached hydrogen (secondary N) is 2. The van der Waals surface area contributed by atoms with Crippen LogP contribution in [0, 0.1) is 11.8 Å². The summed E-state index contributed by atoms with van der Waals surface area (Å²) in [5.74, 6) is 3.44. The maximum Gasteiger partial charge on any atom is 0.227 e. The number of aromatic nitrogens is 2. The second-order valence-electron chi connectivity index (χ2n) is 9.52. The average Bonchev–Trinajstić information content (AvgIpc) is 3.41. The summed E-state index contributed by atoms with van der Waals surface area (Å²) in [4.78, 5) is 12.7. The van der Waals surface area contributed by atoms with E-state index in [0.717, 1.165) is 55.4 Å². The van der Waals surface area contributed by atoms with Crippen molar-refractivity contribution in [1.82, 2.24) is 9.97 Å². The molecule has 7 nitrogen and oxygen atoms in total. The minimum Gasteiger partial charge on any atom is -0.394 e. The van der Waals surface area contributed by atoms with Crippen molar-refractivity contribution >= 4 is 28.3 Å². The number of nitrogens with zero attached hydrogens (tertiary/aromatic N) is 3. The lowest BCUT2D eigenvalue weighted by Crippen LogP contribution is -2.37. The molecule has 1 saturated heterocycles. The van der Waals surface area contributed by atoms with E-state index in [9.17, 15) is 9.32 Å². The Morgan fingerprint density at radius 3 is 2.78 bits per heavy atom. The number of aliphatic hydroxyl groups excluding tert-OH is 1. The van der Waals surface area contributed by atoms with Gasteiger partial charge in [-0.25, -0.2) is 4.98 Å². The Hall–Kier alpha value is -2.19. The Kier molecular flexibility index (Phi) is 6.07. The normalized spacial score (nSPS) is 23.7. The van der Waals surface area contributed by atoms with Crippen LogP contribution >= 0.6 is 0 Å². The molecule has 0 saturated carbocycles. The number of hydrogen-bond acceptors (Lipinski definition) is 7. The second kappa shape index (κ2) is 8.98. The quantitative estimate of drug-likeness (QED) is 0.617. The van der Waals surface area contributed by atoms with Gasteiger partial charge in [-0.05, 0) is 36.3 Å². The second-order valence-corrected chi connectivity index (χ2v) is 11.0. The first-order valence-corrected chi connectivity index (χ1v) is 13.1. The third kappa shape index (κ3) is 3.99. The summed E-state index contributed by atoms with van der Waals surface area (Å²) in [6.07, 6.45) is 2.95. The molecule has 32 heavy (non-hydrogen) atoms. The third-order valence-electron chi connectivity index (χ3n) is 7.26. The van der Waals surface area contributed by atoms with Crippen LogP contribution in [0.2, 0.25) is 0 Å². The molecular weight excluding hydrogens is 422 g/mol. The van der Waals surface area contributed by atoms with Crippen LogP contribution in [0.25, 0.3) is 0 Å². The summed E-state index contributed by atoms with van der Waals surface area (Å²) in [6.45, 7) is 7.02. The highest BCUT2D eigenvalue weighted by Crippen LogP contribution is 2.41. The fourth-order valence-corrected chi connectivity index (χ4v) is 6.57. The average molecular weight is 456 g/mol. The largest absolute Gasteiger partial charge is 0.394 e. The summed E-state index contributed by atoms with van der Waals surface area (Å²) in [5.41, 5.74) is 3.64.